The highest BCUT2D eigenvalue weighted by Gasteiger charge is 2.59. The fraction of sp³-hybridized carbons (Fsp3) is 0.364. The number of carbonyl (C=O) groups is 2. The molecule has 5 rings (SSSR count). The quantitative estimate of drug-likeness (QED) is 0.566. The SMILES string of the molecule is Cc1ccc(NC(=O)[C@H]2[C@H]3c4cc(Cl)cc(Cl)c4OC(=O)[C@H]3[C@@H]3CCCN32)cc1. The number of nitrogens with zero attached hydrogens (tertiary/aromatic N) is 1. The van der Waals surface area contributed by atoms with Crippen molar-refractivity contribution in [2.75, 3.05) is 11.9 Å². The predicted octanol–water partition coefficient (Wildman–Crippen LogP) is 4.41. The number of nitrogens with one attached hydrogen (secondary N) is 1. The standard InChI is InChI=1S/C22H20Cl2N2O3/c1-11-4-6-13(7-5-11)25-21(27)19-17-14-9-12(23)10-15(24)20(14)29-22(28)18(17)16-3-2-8-26(16)19/h4-7,9-10,16-19H,2-3,8H2,1H3,(H,25,27)/t16-,17-,18-,19+/m0/s1. The van der Waals surface area contributed by atoms with Gasteiger partial charge in [-0.3, -0.25) is 14.5 Å². The molecule has 0 aromatic heterocycles. The van der Waals surface area contributed by atoms with Crippen LogP contribution >= 0.6 is 23.2 Å². The molecule has 5 nitrogen and oxygen atoms in total. The summed E-state index contributed by atoms with van der Waals surface area (Å²) in [5.74, 6) is -0.831. The van der Waals surface area contributed by atoms with E-state index in [-0.39, 0.29) is 23.8 Å². The molecule has 29 heavy (non-hydrogen) atoms. The number of anilines is 1. The number of halogens is 2. The largest absolute Gasteiger partial charge is 0.424 e. The molecule has 0 bridgehead atoms. The molecule has 150 valence electrons. The van der Waals surface area contributed by atoms with Crippen LogP contribution in [0.3, 0.4) is 0 Å². The van der Waals surface area contributed by atoms with Crippen LogP contribution in [0, 0.1) is 12.8 Å². The molecule has 0 unspecified atom stereocenters. The Morgan fingerprint density at radius 2 is 1.93 bits per heavy atom. The first-order chi connectivity index (χ1) is 13.9. The van der Waals surface area contributed by atoms with E-state index < -0.39 is 12.0 Å². The monoisotopic (exact) mass is 430 g/mol. The highest BCUT2D eigenvalue weighted by Crippen LogP contribution is 2.54. The van der Waals surface area contributed by atoms with E-state index in [0.717, 1.165) is 36.2 Å². The molecule has 4 atom stereocenters. The molecule has 2 saturated heterocycles. The number of carbonyl (C=O) groups excluding carboxylic acids is 2. The van der Waals surface area contributed by atoms with Crippen LogP contribution in [-0.2, 0) is 9.59 Å². The number of ether oxygens (including phenoxy) is 1. The second-order valence-electron chi connectivity index (χ2n) is 8.03. The number of hydrogen-bond acceptors (Lipinski definition) is 4. The average molecular weight is 431 g/mol. The molecule has 2 aromatic rings. The van der Waals surface area contributed by atoms with E-state index >= 15 is 0 Å². The van der Waals surface area contributed by atoms with Crippen molar-refractivity contribution < 1.29 is 14.3 Å². The predicted molar refractivity (Wildman–Crippen MR) is 112 cm³/mol. The Balaban J connectivity index is 1.57. The zero-order valence-corrected chi connectivity index (χ0v) is 17.3. The number of benzene rings is 2. The summed E-state index contributed by atoms with van der Waals surface area (Å²) in [7, 11) is 0. The summed E-state index contributed by atoms with van der Waals surface area (Å²) in [4.78, 5) is 28.5. The molecule has 1 amide bonds. The number of rotatable bonds is 2. The number of aryl methyl sites for hydroxylation is 1. The third kappa shape index (κ3) is 3.03. The van der Waals surface area contributed by atoms with Crippen molar-refractivity contribution in [3.63, 3.8) is 0 Å². The van der Waals surface area contributed by atoms with Crippen LogP contribution in [0.2, 0.25) is 10.0 Å². The Morgan fingerprint density at radius 3 is 2.69 bits per heavy atom. The topological polar surface area (TPSA) is 58.6 Å². The Kier molecular flexibility index (Phi) is 4.57. The maximum atomic E-state index is 13.4. The van der Waals surface area contributed by atoms with Gasteiger partial charge in [-0.15, -0.1) is 0 Å². The summed E-state index contributed by atoms with van der Waals surface area (Å²) in [6.07, 6.45) is 1.83. The first kappa shape index (κ1) is 18.9. The fourth-order valence-corrected chi connectivity index (χ4v) is 5.67. The third-order valence-electron chi connectivity index (χ3n) is 6.30. The van der Waals surface area contributed by atoms with Gasteiger partial charge in [0.15, 0.2) is 5.75 Å². The zero-order chi connectivity index (χ0) is 20.3. The van der Waals surface area contributed by atoms with Gasteiger partial charge in [0.05, 0.1) is 17.0 Å². The lowest BCUT2D eigenvalue weighted by Crippen LogP contribution is -2.43. The number of fused-ring (bicyclic) bond motifs is 5. The minimum Gasteiger partial charge on any atom is -0.424 e. The van der Waals surface area contributed by atoms with Crippen LogP contribution in [0.15, 0.2) is 36.4 Å². The summed E-state index contributed by atoms with van der Waals surface area (Å²) in [5, 5.41) is 3.80. The number of amides is 1. The van der Waals surface area contributed by atoms with Crippen molar-refractivity contribution in [1.29, 1.82) is 0 Å². The number of hydrogen-bond donors (Lipinski definition) is 1. The van der Waals surface area contributed by atoms with Gasteiger partial charge in [0, 0.05) is 28.2 Å². The van der Waals surface area contributed by atoms with Crippen molar-refractivity contribution in [2.45, 2.75) is 37.8 Å². The van der Waals surface area contributed by atoms with Gasteiger partial charge in [0.25, 0.3) is 0 Å². The van der Waals surface area contributed by atoms with Gasteiger partial charge in [0.1, 0.15) is 0 Å². The molecule has 0 radical (unpaired) electrons. The second kappa shape index (κ2) is 7.01. The van der Waals surface area contributed by atoms with Crippen molar-refractivity contribution in [3.05, 3.63) is 57.6 Å². The zero-order valence-electron chi connectivity index (χ0n) is 15.8. The first-order valence-electron chi connectivity index (χ1n) is 9.78. The van der Waals surface area contributed by atoms with Crippen molar-refractivity contribution in [1.82, 2.24) is 4.90 Å². The van der Waals surface area contributed by atoms with E-state index in [1.807, 2.05) is 31.2 Å². The minimum atomic E-state index is -0.477. The Morgan fingerprint density at radius 1 is 1.17 bits per heavy atom. The lowest BCUT2D eigenvalue weighted by atomic mass is 9.78. The Hall–Kier alpha value is -2.08. The van der Waals surface area contributed by atoms with Gasteiger partial charge in [-0.1, -0.05) is 40.9 Å². The smallest absolute Gasteiger partial charge is 0.316 e. The van der Waals surface area contributed by atoms with Crippen LogP contribution in [0.1, 0.15) is 29.9 Å². The molecule has 0 saturated carbocycles. The fourth-order valence-electron chi connectivity index (χ4n) is 5.13. The first-order valence-corrected chi connectivity index (χ1v) is 10.5. The molecule has 0 spiro atoms. The molecule has 7 heteroatoms. The van der Waals surface area contributed by atoms with Crippen LogP contribution in [-0.4, -0.2) is 35.4 Å². The minimum absolute atomic E-state index is 0.00725. The highest BCUT2D eigenvalue weighted by molar-refractivity contribution is 6.36. The molecule has 1 N–H and O–H groups in total. The van der Waals surface area contributed by atoms with Gasteiger partial charge < -0.3 is 10.1 Å². The number of esters is 1. The van der Waals surface area contributed by atoms with E-state index in [4.69, 9.17) is 27.9 Å². The molecule has 3 aliphatic heterocycles. The summed E-state index contributed by atoms with van der Waals surface area (Å²) < 4.78 is 5.61. The van der Waals surface area contributed by atoms with E-state index in [2.05, 4.69) is 10.2 Å². The molecule has 2 aromatic carbocycles. The van der Waals surface area contributed by atoms with E-state index in [0.29, 0.717) is 15.8 Å². The van der Waals surface area contributed by atoms with Gasteiger partial charge >= 0.3 is 5.97 Å². The summed E-state index contributed by atoms with van der Waals surface area (Å²) in [6, 6.07) is 10.5. The molecular weight excluding hydrogens is 411 g/mol. The van der Waals surface area contributed by atoms with Crippen molar-refractivity contribution >= 4 is 40.8 Å². The summed E-state index contributed by atoms with van der Waals surface area (Å²) in [5.41, 5.74) is 2.60. The molecule has 0 aliphatic carbocycles. The van der Waals surface area contributed by atoms with E-state index in [1.54, 1.807) is 12.1 Å². The van der Waals surface area contributed by atoms with Crippen LogP contribution in [0.25, 0.3) is 0 Å². The van der Waals surface area contributed by atoms with Crippen molar-refractivity contribution in [3.8, 4) is 5.75 Å². The summed E-state index contributed by atoms with van der Waals surface area (Å²) >= 11 is 12.6. The van der Waals surface area contributed by atoms with Crippen LogP contribution in [0.5, 0.6) is 5.75 Å². The Bertz CT molecular complexity index is 1010. The molecule has 3 aliphatic rings. The van der Waals surface area contributed by atoms with Crippen LogP contribution in [0.4, 0.5) is 5.69 Å². The lowest BCUT2D eigenvalue weighted by Gasteiger charge is -2.31. The molecular formula is C22H20Cl2N2O3. The highest BCUT2D eigenvalue weighted by atomic mass is 35.5. The van der Waals surface area contributed by atoms with E-state index in [9.17, 15) is 9.59 Å². The normalized spacial score (nSPS) is 27.8. The average Bonchev–Trinajstić information content (AvgIpc) is 3.25. The Labute approximate surface area is 178 Å². The molecule has 3 heterocycles. The van der Waals surface area contributed by atoms with Gasteiger partial charge in [-0.25, -0.2) is 0 Å². The third-order valence-corrected chi connectivity index (χ3v) is 6.80. The second-order valence-corrected chi connectivity index (χ2v) is 8.87. The molecule has 2 fully saturated rings. The van der Waals surface area contributed by atoms with Gasteiger partial charge in [-0.05, 0) is 50.6 Å². The maximum absolute atomic E-state index is 13.4. The van der Waals surface area contributed by atoms with Crippen molar-refractivity contribution in [2.24, 2.45) is 5.92 Å². The lowest BCUT2D eigenvalue weighted by molar-refractivity contribution is -0.141. The van der Waals surface area contributed by atoms with Gasteiger partial charge in [-0.2, -0.15) is 0 Å². The van der Waals surface area contributed by atoms with Gasteiger partial charge in [0.2, 0.25) is 5.91 Å². The van der Waals surface area contributed by atoms with E-state index in [1.165, 1.54) is 0 Å². The van der Waals surface area contributed by atoms with Crippen LogP contribution < -0.4 is 10.1 Å². The summed E-state index contributed by atoms with van der Waals surface area (Å²) in [6.45, 7) is 2.78. The maximum Gasteiger partial charge on any atom is 0.316 e.